The van der Waals surface area contributed by atoms with Crippen LogP contribution in [-0.2, 0) is 13.0 Å². The van der Waals surface area contributed by atoms with E-state index in [4.69, 9.17) is 25.8 Å². The van der Waals surface area contributed by atoms with Crippen molar-refractivity contribution in [1.29, 1.82) is 0 Å². The van der Waals surface area contributed by atoms with Crippen LogP contribution in [-0.4, -0.2) is 18.9 Å². The van der Waals surface area contributed by atoms with Crippen LogP contribution in [0.1, 0.15) is 21.5 Å². The van der Waals surface area contributed by atoms with Gasteiger partial charge in [-0.3, -0.25) is 4.79 Å². The van der Waals surface area contributed by atoms with Gasteiger partial charge in [0.15, 0.2) is 11.5 Å². The zero-order valence-electron chi connectivity index (χ0n) is 16.0. The highest BCUT2D eigenvalue weighted by atomic mass is 35.5. The van der Waals surface area contributed by atoms with E-state index in [0.29, 0.717) is 35.1 Å². The van der Waals surface area contributed by atoms with Crippen molar-refractivity contribution in [3.8, 4) is 17.2 Å². The third kappa shape index (κ3) is 4.90. The van der Waals surface area contributed by atoms with Gasteiger partial charge >= 0.3 is 0 Å². The van der Waals surface area contributed by atoms with E-state index in [2.05, 4.69) is 10.5 Å². The molecule has 0 radical (unpaired) electrons. The summed E-state index contributed by atoms with van der Waals surface area (Å²) in [4.78, 5) is 12.2. The smallest absolute Gasteiger partial charge is 0.271 e. The van der Waals surface area contributed by atoms with Gasteiger partial charge in [0.2, 0.25) is 6.79 Å². The first-order valence-electron chi connectivity index (χ1n) is 9.36. The summed E-state index contributed by atoms with van der Waals surface area (Å²) in [5, 5.41) is 4.69. The zero-order chi connectivity index (χ0) is 20.8. The van der Waals surface area contributed by atoms with Crippen LogP contribution >= 0.6 is 11.6 Å². The number of hydrogen-bond acceptors (Lipinski definition) is 5. The lowest BCUT2D eigenvalue weighted by Crippen LogP contribution is -2.17. The van der Waals surface area contributed by atoms with E-state index in [9.17, 15) is 4.79 Å². The molecule has 0 spiro atoms. The van der Waals surface area contributed by atoms with Gasteiger partial charge in [-0.1, -0.05) is 41.9 Å². The first-order chi connectivity index (χ1) is 14.7. The molecule has 0 atom stereocenters. The molecule has 0 aromatic heterocycles. The quantitative estimate of drug-likeness (QED) is 0.446. The van der Waals surface area contributed by atoms with Crippen LogP contribution in [0, 0.1) is 0 Å². The molecule has 1 amide bonds. The number of amides is 1. The Morgan fingerprint density at radius 1 is 1.07 bits per heavy atom. The van der Waals surface area contributed by atoms with Gasteiger partial charge in [-0.2, -0.15) is 5.10 Å². The number of nitrogens with zero attached hydrogens (tertiary/aromatic N) is 1. The summed E-state index contributed by atoms with van der Waals surface area (Å²) in [5.74, 6) is 1.64. The lowest BCUT2D eigenvalue weighted by Gasteiger charge is -2.08. The van der Waals surface area contributed by atoms with Crippen molar-refractivity contribution in [3.05, 3.63) is 88.4 Å². The molecule has 3 aromatic rings. The molecule has 1 aliphatic rings. The van der Waals surface area contributed by atoms with Crippen molar-refractivity contribution in [3.63, 3.8) is 0 Å². The number of halogens is 1. The normalized spacial score (nSPS) is 12.2. The maximum absolute atomic E-state index is 12.2. The summed E-state index contributed by atoms with van der Waals surface area (Å²) >= 11 is 6.14. The topological polar surface area (TPSA) is 69.2 Å². The predicted molar refractivity (Wildman–Crippen MR) is 114 cm³/mol. The molecule has 7 heteroatoms. The molecule has 3 aromatic carbocycles. The average Bonchev–Trinajstić information content (AvgIpc) is 3.25. The molecule has 152 valence electrons. The van der Waals surface area contributed by atoms with Crippen LogP contribution in [0.2, 0.25) is 5.02 Å². The lowest BCUT2D eigenvalue weighted by molar-refractivity contribution is 0.0954. The number of rotatable bonds is 7. The van der Waals surface area contributed by atoms with E-state index in [1.54, 1.807) is 24.4 Å². The lowest BCUT2D eigenvalue weighted by atomic mass is 10.1. The molecule has 0 aliphatic carbocycles. The standard InChI is InChI=1S/C23H19ClN2O4/c24-20-4-2-1-3-18(20)14-28-19-8-5-16(6-9-19)11-12-25-26-23(27)17-7-10-21-22(13-17)30-15-29-21/h1-10,12-13H,11,14-15H2,(H,26,27)/b25-12-. The Labute approximate surface area is 179 Å². The summed E-state index contributed by atoms with van der Waals surface area (Å²) in [6.45, 7) is 0.578. The number of benzene rings is 3. The van der Waals surface area contributed by atoms with Gasteiger partial charge < -0.3 is 14.2 Å². The van der Waals surface area contributed by atoms with Crippen LogP contribution in [0.25, 0.3) is 0 Å². The Morgan fingerprint density at radius 3 is 2.70 bits per heavy atom. The minimum Gasteiger partial charge on any atom is -0.489 e. The number of nitrogens with one attached hydrogen (secondary N) is 1. The maximum Gasteiger partial charge on any atom is 0.271 e. The summed E-state index contributed by atoms with van der Waals surface area (Å²) in [5.41, 5.74) is 4.95. The molecular formula is C23H19ClN2O4. The van der Waals surface area contributed by atoms with Crippen LogP contribution in [0.4, 0.5) is 0 Å². The van der Waals surface area contributed by atoms with Gasteiger partial charge in [0.1, 0.15) is 12.4 Å². The highest BCUT2D eigenvalue weighted by Crippen LogP contribution is 2.32. The minimum atomic E-state index is -0.312. The summed E-state index contributed by atoms with van der Waals surface area (Å²) in [7, 11) is 0. The number of hydrazone groups is 1. The largest absolute Gasteiger partial charge is 0.489 e. The van der Waals surface area contributed by atoms with Crippen molar-refractivity contribution in [2.75, 3.05) is 6.79 Å². The van der Waals surface area contributed by atoms with Crippen molar-refractivity contribution in [2.24, 2.45) is 5.10 Å². The second-order valence-corrected chi connectivity index (χ2v) is 6.96. The fraction of sp³-hybridized carbons (Fsp3) is 0.130. The fourth-order valence-corrected chi connectivity index (χ4v) is 3.05. The number of hydrogen-bond donors (Lipinski definition) is 1. The number of carbonyl (C=O) groups is 1. The van der Waals surface area contributed by atoms with Crippen LogP contribution in [0.5, 0.6) is 17.2 Å². The van der Waals surface area contributed by atoms with E-state index in [0.717, 1.165) is 16.9 Å². The van der Waals surface area contributed by atoms with Crippen molar-refractivity contribution < 1.29 is 19.0 Å². The van der Waals surface area contributed by atoms with Crippen LogP contribution in [0.3, 0.4) is 0 Å². The Hall–Kier alpha value is -3.51. The molecule has 0 saturated carbocycles. The second-order valence-electron chi connectivity index (χ2n) is 6.55. The first-order valence-corrected chi connectivity index (χ1v) is 9.73. The molecule has 0 bridgehead atoms. The third-order valence-electron chi connectivity index (χ3n) is 4.49. The zero-order valence-corrected chi connectivity index (χ0v) is 16.8. The van der Waals surface area contributed by atoms with E-state index >= 15 is 0 Å². The van der Waals surface area contributed by atoms with Crippen LogP contribution < -0.4 is 19.6 Å². The second kappa shape index (κ2) is 9.33. The Balaban J connectivity index is 1.25. The number of ether oxygens (including phenoxy) is 3. The Morgan fingerprint density at radius 2 is 1.87 bits per heavy atom. The summed E-state index contributed by atoms with van der Waals surface area (Å²) < 4.78 is 16.3. The fourth-order valence-electron chi connectivity index (χ4n) is 2.86. The van der Waals surface area contributed by atoms with Crippen molar-refractivity contribution in [2.45, 2.75) is 13.0 Å². The van der Waals surface area contributed by atoms with Crippen LogP contribution in [0.15, 0.2) is 71.8 Å². The monoisotopic (exact) mass is 422 g/mol. The molecule has 1 aliphatic heterocycles. The average molecular weight is 423 g/mol. The van der Waals surface area contributed by atoms with Gasteiger partial charge in [0.25, 0.3) is 5.91 Å². The van der Waals surface area contributed by atoms with Gasteiger partial charge in [0, 0.05) is 28.8 Å². The highest BCUT2D eigenvalue weighted by molar-refractivity contribution is 6.31. The molecule has 0 fully saturated rings. The SMILES string of the molecule is O=C(N/N=C\Cc1ccc(OCc2ccccc2Cl)cc1)c1ccc2c(c1)OCO2. The first kappa shape index (κ1) is 19.8. The van der Waals surface area contributed by atoms with E-state index in [-0.39, 0.29) is 12.7 Å². The Kier molecular flexibility index (Phi) is 6.15. The van der Waals surface area contributed by atoms with E-state index < -0.39 is 0 Å². The summed E-state index contributed by atoms with van der Waals surface area (Å²) in [6, 6.07) is 20.3. The molecule has 0 unspecified atom stereocenters. The molecule has 4 rings (SSSR count). The van der Waals surface area contributed by atoms with Gasteiger partial charge in [-0.05, 0) is 42.0 Å². The minimum absolute atomic E-state index is 0.169. The molecule has 1 N–H and O–H groups in total. The Bertz CT molecular complexity index is 1070. The summed E-state index contributed by atoms with van der Waals surface area (Å²) in [6.07, 6.45) is 2.22. The van der Waals surface area contributed by atoms with E-state index in [1.165, 1.54) is 0 Å². The van der Waals surface area contributed by atoms with Crippen molar-refractivity contribution >= 4 is 23.7 Å². The molecule has 30 heavy (non-hydrogen) atoms. The molecular weight excluding hydrogens is 404 g/mol. The molecule has 6 nitrogen and oxygen atoms in total. The molecule has 0 saturated heterocycles. The molecule has 1 heterocycles. The van der Waals surface area contributed by atoms with Gasteiger partial charge in [-0.25, -0.2) is 5.43 Å². The number of fused-ring (bicyclic) bond motifs is 1. The number of carbonyl (C=O) groups excluding carboxylic acids is 1. The van der Waals surface area contributed by atoms with E-state index in [1.807, 2.05) is 48.5 Å². The maximum atomic E-state index is 12.2. The third-order valence-corrected chi connectivity index (χ3v) is 4.86. The van der Waals surface area contributed by atoms with Crippen molar-refractivity contribution in [1.82, 2.24) is 5.43 Å². The highest BCUT2D eigenvalue weighted by Gasteiger charge is 2.15. The van der Waals surface area contributed by atoms with Gasteiger partial charge in [-0.15, -0.1) is 0 Å². The van der Waals surface area contributed by atoms with Gasteiger partial charge in [0.05, 0.1) is 0 Å². The predicted octanol–water partition coefficient (Wildman–Crippen LogP) is 4.61.